The lowest BCUT2D eigenvalue weighted by Crippen LogP contribution is -2.42. The van der Waals surface area contributed by atoms with Crippen molar-refractivity contribution in [2.75, 3.05) is 78.5 Å². The maximum atomic E-state index is 14.1. The molecule has 0 spiro atoms. The van der Waals surface area contributed by atoms with E-state index in [2.05, 4.69) is 44.2 Å². The third-order valence-corrected chi connectivity index (χ3v) is 13.7. The second-order valence-electron chi connectivity index (χ2n) is 16.0. The molecule has 65 heavy (non-hydrogen) atoms. The van der Waals surface area contributed by atoms with Crippen molar-refractivity contribution in [2.24, 2.45) is 21.6 Å². The summed E-state index contributed by atoms with van der Waals surface area (Å²) in [6, 6.07) is 17.7. The maximum absolute atomic E-state index is 14.1. The van der Waals surface area contributed by atoms with E-state index in [4.69, 9.17) is 57.9 Å². The van der Waals surface area contributed by atoms with Crippen molar-refractivity contribution < 1.29 is 23.3 Å². The van der Waals surface area contributed by atoms with E-state index in [0.29, 0.717) is 69.9 Å². The average molecular weight is 941 g/mol. The third-order valence-electron chi connectivity index (χ3n) is 11.5. The van der Waals surface area contributed by atoms with Gasteiger partial charge in [-0.1, -0.05) is 47.1 Å². The van der Waals surface area contributed by atoms with E-state index in [1.54, 1.807) is 36.3 Å². The number of hydrogen-bond donors (Lipinski definition) is 2. The predicted octanol–water partition coefficient (Wildman–Crippen LogP) is 8.44. The van der Waals surface area contributed by atoms with Gasteiger partial charge >= 0.3 is 0 Å². The number of aliphatic imine (C=N–C) groups is 2. The number of benzene rings is 3. The van der Waals surface area contributed by atoms with Gasteiger partial charge in [0.15, 0.2) is 17.5 Å². The van der Waals surface area contributed by atoms with Crippen molar-refractivity contribution in [3.8, 4) is 28.8 Å². The third kappa shape index (κ3) is 10.9. The van der Waals surface area contributed by atoms with Gasteiger partial charge in [0.05, 0.1) is 40.1 Å². The molecule has 1 saturated heterocycles. The number of halogens is 3. The van der Waals surface area contributed by atoms with Crippen LogP contribution in [0.1, 0.15) is 33.5 Å². The highest BCUT2D eigenvalue weighted by Gasteiger charge is 2.44. The lowest BCUT2D eigenvalue weighted by atomic mass is 9.84. The van der Waals surface area contributed by atoms with E-state index in [0.717, 1.165) is 44.0 Å². The molecule has 0 radical (unpaired) electrons. The number of likely N-dealkylation sites (N-methyl/N-ethyl adjacent to an activating group) is 2. The zero-order chi connectivity index (χ0) is 45.5. The van der Waals surface area contributed by atoms with Gasteiger partial charge in [-0.05, 0) is 104 Å². The standard InChI is InChI=1S/C42H38Cl2FN7O4S.C6H14N2/c1-23-33-24(2)37(44)38(36(23)43)54-18-17-53-30-8-10-32(56-21-29-11-14-48-40(52-29)31-9-7-28(20-49-31)47-15-13-46)26(19-30)12-16-55-41-35-34(33)39(57-42(35)51-22-50-41)25-3-5-27(45)6-4-25;1-7-3-5-8(2)6-4-7/h3-11,14,19-20,22,35,42,47H,12-13,15-18,21,46H2,1-2H3;3-6H2,1-2H3. The molecule has 0 aliphatic carbocycles. The largest absolute Gasteiger partial charge is 0.490 e. The van der Waals surface area contributed by atoms with Crippen molar-refractivity contribution in [3.05, 3.63) is 122 Å². The van der Waals surface area contributed by atoms with Crippen LogP contribution in [0.15, 0.2) is 83.0 Å². The first-order valence-electron chi connectivity index (χ1n) is 21.6. The van der Waals surface area contributed by atoms with E-state index in [9.17, 15) is 4.39 Å². The van der Waals surface area contributed by atoms with E-state index >= 15 is 0 Å². The number of piperazine rings is 1. The zero-order valence-corrected chi connectivity index (χ0v) is 39.1. The van der Waals surface area contributed by atoms with E-state index in [1.165, 1.54) is 44.7 Å². The summed E-state index contributed by atoms with van der Waals surface area (Å²) >= 11 is 15.7. The topological polar surface area (TPSA) is 145 Å². The van der Waals surface area contributed by atoms with Crippen LogP contribution in [0.25, 0.3) is 22.0 Å². The summed E-state index contributed by atoms with van der Waals surface area (Å²) in [5, 5.41) is 3.72. The highest BCUT2D eigenvalue weighted by atomic mass is 35.5. The number of ether oxygens (including phenoxy) is 4. The van der Waals surface area contributed by atoms with Gasteiger partial charge in [0.25, 0.3) is 0 Å². The van der Waals surface area contributed by atoms with Gasteiger partial charge in [-0.2, -0.15) is 0 Å². The summed E-state index contributed by atoms with van der Waals surface area (Å²) in [4.78, 5) is 28.7. The van der Waals surface area contributed by atoms with Crippen LogP contribution in [-0.4, -0.2) is 116 Å². The van der Waals surface area contributed by atoms with E-state index < -0.39 is 0 Å². The van der Waals surface area contributed by atoms with E-state index in [-0.39, 0.29) is 43.5 Å². The molecule has 3 aromatic carbocycles. The molecule has 5 aromatic rings. The molecule has 2 unspecified atom stereocenters. The second-order valence-corrected chi connectivity index (χ2v) is 17.9. The Labute approximate surface area is 393 Å². The molecular formula is C48H52Cl2FN9O4S. The molecule has 0 saturated carbocycles. The molecule has 2 atom stereocenters. The Kier molecular flexibility index (Phi) is 15.2. The van der Waals surface area contributed by atoms with Crippen LogP contribution < -0.4 is 25.3 Å². The molecule has 17 heteroatoms. The number of rotatable bonds is 8. The molecule has 3 N–H and O–H groups in total. The predicted molar refractivity (Wildman–Crippen MR) is 259 cm³/mol. The molecule has 5 aliphatic rings. The number of thioether (sulfide) groups is 1. The Bertz CT molecular complexity index is 2530. The molecule has 340 valence electrons. The Morgan fingerprint density at radius 2 is 1.63 bits per heavy atom. The van der Waals surface area contributed by atoms with Gasteiger partial charge < -0.3 is 39.8 Å². The fourth-order valence-electron chi connectivity index (χ4n) is 7.88. The van der Waals surface area contributed by atoms with Crippen LogP contribution in [0.5, 0.6) is 17.2 Å². The molecule has 7 heterocycles. The Hall–Kier alpha value is -5.29. The molecular weight excluding hydrogens is 889 g/mol. The average Bonchev–Trinajstić information content (AvgIpc) is 3.71. The van der Waals surface area contributed by atoms with Crippen LogP contribution >= 0.6 is 35.0 Å². The number of nitrogens with one attached hydrogen (secondary N) is 1. The van der Waals surface area contributed by atoms with Gasteiger partial charge in [-0.3, -0.25) is 9.98 Å². The maximum Gasteiger partial charge on any atom is 0.200 e. The van der Waals surface area contributed by atoms with Crippen molar-refractivity contribution in [2.45, 2.75) is 32.2 Å². The molecule has 2 aromatic heterocycles. The van der Waals surface area contributed by atoms with Crippen LogP contribution in [0, 0.1) is 25.6 Å². The number of nitrogens with two attached hydrogens (primary N) is 1. The normalized spacial score (nSPS) is 18.6. The van der Waals surface area contributed by atoms with E-state index in [1.807, 2.05) is 50.2 Å². The first-order valence-corrected chi connectivity index (χ1v) is 23.2. The summed E-state index contributed by atoms with van der Waals surface area (Å²) in [5.74, 6) is 1.96. The molecule has 13 nitrogen and oxygen atoms in total. The number of pyridine rings is 1. The minimum atomic E-state index is -0.378. The summed E-state index contributed by atoms with van der Waals surface area (Å²) in [6.07, 6.45) is 5.44. The van der Waals surface area contributed by atoms with Gasteiger partial charge in [0.2, 0.25) is 0 Å². The number of nitrogens with zero attached hydrogens (tertiary/aromatic N) is 7. The van der Waals surface area contributed by atoms with Crippen molar-refractivity contribution >= 4 is 63.4 Å². The van der Waals surface area contributed by atoms with Crippen LogP contribution in [0.2, 0.25) is 10.0 Å². The summed E-state index contributed by atoms with van der Waals surface area (Å²) in [5.41, 5.74) is 12.8. The molecule has 5 aliphatic heterocycles. The lowest BCUT2D eigenvalue weighted by Gasteiger charge is -2.28. The second kappa shape index (κ2) is 21.3. The highest BCUT2D eigenvalue weighted by Crippen LogP contribution is 2.56. The van der Waals surface area contributed by atoms with Crippen molar-refractivity contribution in [1.82, 2.24) is 24.8 Å². The Balaban J connectivity index is 0.000000651. The smallest absolute Gasteiger partial charge is 0.200 e. The lowest BCUT2D eigenvalue weighted by molar-refractivity contribution is 0.181. The van der Waals surface area contributed by atoms with Crippen molar-refractivity contribution in [1.29, 1.82) is 0 Å². The quantitative estimate of drug-likeness (QED) is 0.154. The Morgan fingerprint density at radius 1 is 0.892 bits per heavy atom. The molecule has 4 bridgehead atoms. The van der Waals surface area contributed by atoms with Gasteiger partial charge in [-0.15, -0.1) is 0 Å². The SMILES string of the molecule is CN1CCN(C)CC1.Cc1c(Cl)c2c(Cl)c(C)c1C1=C(c3ccc(F)cc3)SC3N=CN=C(OCCc4cc(ccc4OCc4ccnc(-c5ccc(NCCN)cn5)n4)OCCO2)C13. The van der Waals surface area contributed by atoms with Gasteiger partial charge in [0.1, 0.15) is 54.5 Å². The minimum absolute atomic E-state index is 0.190. The Morgan fingerprint density at radius 3 is 2.34 bits per heavy atom. The fraction of sp³-hybridized carbons (Fsp3) is 0.354. The van der Waals surface area contributed by atoms with Crippen LogP contribution in [0.3, 0.4) is 0 Å². The fourth-order valence-corrected chi connectivity index (χ4v) is 9.79. The zero-order valence-electron chi connectivity index (χ0n) is 36.8. The van der Waals surface area contributed by atoms with Gasteiger partial charge in [0, 0.05) is 62.4 Å². The first-order chi connectivity index (χ1) is 31.6. The summed E-state index contributed by atoms with van der Waals surface area (Å²) in [7, 11) is 4.35. The first kappa shape index (κ1) is 46.2. The monoisotopic (exact) mass is 939 g/mol. The highest BCUT2D eigenvalue weighted by molar-refractivity contribution is 8.09. The van der Waals surface area contributed by atoms with Gasteiger partial charge in [-0.25, -0.2) is 19.4 Å². The number of hydrogen-bond acceptors (Lipinski definition) is 14. The number of fused-ring (bicyclic) bond motifs is 7. The number of anilines is 1. The summed E-state index contributed by atoms with van der Waals surface area (Å²) in [6.45, 7) is 10.9. The van der Waals surface area contributed by atoms with Crippen molar-refractivity contribution in [3.63, 3.8) is 0 Å². The molecule has 1 fully saturated rings. The van der Waals surface area contributed by atoms with Crippen LogP contribution in [-0.2, 0) is 17.8 Å². The number of aromatic nitrogens is 3. The van der Waals surface area contributed by atoms with Crippen LogP contribution in [0.4, 0.5) is 10.1 Å². The molecule has 0 amide bonds. The molecule has 10 rings (SSSR count). The summed E-state index contributed by atoms with van der Waals surface area (Å²) < 4.78 is 39.4. The minimum Gasteiger partial charge on any atom is -0.490 e.